The van der Waals surface area contributed by atoms with Crippen LogP contribution in [0.25, 0.3) is 22.0 Å². The predicted molar refractivity (Wildman–Crippen MR) is 133 cm³/mol. The van der Waals surface area contributed by atoms with Crippen molar-refractivity contribution in [3.63, 3.8) is 0 Å². The number of carbonyl (C=O) groups is 1. The molecule has 1 atom stereocenters. The Morgan fingerprint density at radius 1 is 0.800 bits per heavy atom. The average molecular weight is 523 g/mol. The molecule has 6 rings (SSSR count). The van der Waals surface area contributed by atoms with Gasteiger partial charge in [0.15, 0.2) is 29.4 Å². The number of halogens is 1. The third-order valence-electron chi connectivity index (χ3n) is 6.25. The molecule has 4 nitrogen and oxygen atoms in total. The van der Waals surface area contributed by atoms with Gasteiger partial charge in [-0.25, -0.2) is 9.13 Å². The Kier molecular flexibility index (Phi) is 6.34. The zero-order valence-corrected chi connectivity index (χ0v) is 20.5. The van der Waals surface area contributed by atoms with Crippen LogP contribution in [0.3, 0.4) is 0 Å². The van der Waals surface area contributed by atoms with Crippen LogP contribution in [0.2, 0.25) is 0 Å². The van der Waals surface area contributed by atoms with Crippen LogP contribution in [0.1, 0.15) is 27.7 Å². The number of carbonyl (C=O) groups excluding carboxylic acids is 1. The van der Waals surface area contributed by atoms with E-state index < -0.39 is 0 Å². The normalized spacial score (nSPS) is 11.9. The minimum absolute atomic E-state index is 0. The molecule has 0 fully saturated rings. The first-order valence-corrected chi connectivity index (χ1v) is 11.4. The van der Waals surface area contributed by atoms with E-state index in [1.54, 1.807) is 0 Å². The monoisotopic (exact) mass is 522 g/mol. The largest absolute Gasteiger partial charge is 1.00 e. The molecular formula is C30H23BrN2O2. The van der Waals surface area contributed by atoms with Crippen LogP contribution in [0.5, 0.6) is 0 Å². The number of rotatable bonds is 6. The number of imidazole rings is 1. The molecule has 0 amide bonds. The molecular weight excluding hydrogens is 500 g/mol. The Morgan fingerprint density at radius 2 is 1.46 bits per heavy atom. The van der Waals surface area contributed by atoms with Gasteiger partial charge in [-0.15, -0.1) is 0 Å². The third kappa shape index (κ3) is 4.31. The van der Waals surface area contributed by atoms with Crippen molar-refractivity contribution in [2.45, 2.75) is 12.6 Å². The van der Waals surface area contributed by atoms with E-state index in [0.29, 0.717) is 5.56 Å². The molecule has 0 aliphatic rings. The molecule has 0 spiro atoms. The van der Waals surface area contributed by atoms with Gasteiger partial charge in [-0.05, 0) is 24.3 Å². The van der Waals surface area contributed by atoms with E-state index in [0.717, 1.165) is 33.3 Å². The highest BCUT2D eigenvalue weighted by Crippen LogP contribution is 2.33. The van der Waals surface area contributed by atoms with Crippen LogP contribution in [0, 0.1) is 0 Å². The number of aromatic nitrogens is 2. The van der Waals surface area contributed by atoms with Gasteiger partial charge in [0.1, 0.15) is 5.58 Å². The molecule has 5 heteroatoms. The Morgan fingerprint density at radius 3 is 2.23 bits per heavy atom. The van der Waals surface area contributed by atoms with Crippen LogP contribution in [0.15, 0.2) is 126 Å². The van der Waals surface area contributed by atoms with Gasteiger partial charge < -0.3 is 21.4 Å². The Hall–Kier alpha value is -3.96. The van der Waals surface area contributed by atoms with Crippen LogP contribution >= 0.6 is 0 Å². The van der Waals surface area contributed by atoms with Gasteiger partial charge in [0, 0.05) is 16.5 Å². The summed E-state index contributed by atoms with van der Waals surface area (Å²) in [6.45, 7) is 0.263. The van der Waals surface area contributed by atoms with Crippen LogP contribution in [0.4, 0.5) is 0 Å². The Bertz CT molecular complexity index is 1570. The highest BCUT2D eigenvalue weighted by atomic mass is 79.9. The van der Waals surface area contributed by atoms with Gasteiger partial charge in [-0.1, -0.05) is 91.0 Å². The molecule has 35 heavy (non-hydrogen) atoms. The molecule has 4 aromatic carbocycles. The summed E-state index contributed by atoms with van der Waals surface area (Å²) in [7, 11) is 0. The third-order valence-corrected chi connectivity index (χ3v) is 6.25. The molecule has 0 N–H and O–H groups in total. The molecule has 0 aliphatic heterocycles. The predicted octanol–water partition coefficient (Wildman–Crippen LogP) is 3.20. The minimum atomic E-state index is -0.174. The summed E-state index contributed by atoms with van der Waals surface area (Å²) in [6.07, 6.45) is 2.04. The summed E-state index contributed by atoms with van der Waals surface area (Å²) in [5.41, 5.74) is 4.73. The van der Waals surface area contributed by atoms with Crippen molar-refractivity contribution < 1.29 is 30.8 Å². The minimum Gasteiger partial charge on any atom is -1.00 e. The quantitative estimate of drug-likeness (QED) is 0.249. The van der Waals surface area contributed by atoms with Gasteiger partial charge in [0.25, 0.3) is 0 Å². The van der Waals surface area contributed by atoms with Gasteiger partial charge >= 0.3 is 0 Å². The fourth-order valence-corrected chi connectivity index (χ4v) is 4.64. The summed E-state index contributed by atoms with van der Waals surface area (Å²) in [6, 6.07) is 38.0. The van der Waals surface area contributed by atoms with E-state index in [9.17, 15) is 4.79 Å². The lowest BCUT2D eigenvalue weighted by Gasteiger charge is -2.12. The molecule has 0 saturated heterocycles. The molecule has 1 unspecified atom stereocenters. The molecule has 0 radical (unpaired) electrons. The van der Waals surface area contributed by atoms with Crippen molar-refractivity contribution in [3.05, 3.63) is 138 Å². The van der Waals surface area contributed by atoms with Gasteiger partial charge in [0.05, 0.1) is 0 Å². The lowest BCUT2D eigenvalue weighted by Crippen LogP contribution is -3.00. The molecule has 6 aromatic rings. The van der Waals surface area contributed by atoms with Gasteiger partial charge in [0.2, 0.25) is 12.1 Å². The number of nitrogens with zero attached hydrogens (tertiary/aromatic N) is 2. The van der Waals surface area contributed by atoms with Crippen molar-refractivity contribution in [1.29, 1.82) is 0 Å². The fourth-order valence-electron chi connectivity index (χ4n) is 4.64. The van der Waals surface area contributed by atoms with E-state index >= 15 is 0 Å². The molecule has 172 valence electrons. The lowest BCUT2D eigenvalue weighted by molar-refractivity contribution is -0.658. The van der Waals surface area contributed by atoms with Crippen molar-refractivity contribution in [1.82, 2.24) is 4.57 Å². The Labute approximate surface area is 213 Å². The standard InChI is InChI=1S/C30H23N2O2.BrH/c33-27(22-11-3-1-4-12-22)20-31-21-32(26-17-9-8-16-25(26)31)30(23-13-5-2-6-14-23)29-19-24-15-7-10-18-28(24)34-29;/h1-19,21,30H,20H2;1H/q+1;/p-1. The van der Waals surface area contributed by atoms with Crippen molar-refractivity contribution in [2.75, 3.05) is 0 Å². The number of hydrogen-bond acceptors (Lipinski definition) is 2. The maximum atomic E-state index is 13.0. The zero-order valence-electron chi connectivity index (χ0n) is 18.9. The number of para-hydroxylation sites is 3. The second-order valence-electron chi connectivity index (χ2n) is 8.43. The molecule has 0 saturated carbocycles. The highest BCUT2D eigenvalue weighted by molar-refractivity contribution is 5.95. The zero-order chi connectivity index (χ0) is 22.9. The second kappa shape index (κ2) is 9.72. The molecule has 2 heterocycles. The van der Waals surface area contributed by atoms with Crippen molar-refractivity contribution >= 4 is 27.8 Å². The first-order valence-electron chi connectivity index (χ1n) is 11.4. The van der Waals surface area contributed by atoms with Crippen LogP contribution in [-0.2, 0) is 6.54 Å². The summed E-state index contributed by atoms with van der Waals surface area (Å²) < 4.78 is 10.6. The summed E-state index contributed by atoms with van der Waals surface area (Å²) in [5.74, 6) is 0.934. The van der Waals surface area contributed by atoms with E-state index in [4.69, 9.17) is 4.42 Å². The van der Waals surface area contributed by atoms with Crippen molar-refractivity contribution in [3.8, 4) is 0 Å². The lowest BCUT2D eigenvalue weighted by atomic mass is 10.0. The first-order chi connectivity index (χ1) is 16.8. The Balaban J connectivity index is 0.00000253. The maximum absolute atomic E-state index is 13.0. The van der Waals surface area contributed by atoms with E-state index in [1.807, 2.05) is 89.8 Å². The number of furan rings is 1. The van der Waals surface area contributed by atoms with E-state index in [-0.39, 0.29) is 35.4 Å². The molecule has 0 bridgehead atoms. The number of benzene rings is 4. The number of fused-ring (bicyclic) bond motifs is 2. The summed E-state index contributed by atoms with van der Waals surface area (Å²) in [4.78, 5) is 13.0. The second-order valence-corrected chi connectivity index (χ2v) is 8.43. The van der Waals surface area contributed by atoms with Crippen LogP contribution < -0.4 is 21.5 Å². The number of hydrogen-bond donors (Lipinski definition) is 0. The van der Waals surface area contributed by atoms with Crippen molar-refractivity contribution in [2.24, 2.45) is 0 Å². The number of Topliss-reactive ketones (excluding diaryl/α,β-unsaturated/α-hetero) is 1. The summed E-state index contributed by atoms with van der Waals surface area (Å²) >= 11 is 0. The SMILES string of the molecule is O=C(C[n+]1cn(C(c2ccccc2)c2cc3ccccc3o2)c2ccccc21)c1ccccc1.[Br-]. The highest BCUT2D eigenvalue weighted by Gasteiger charge is 2.29. The summed E-state index contributed by atoms with van der Waals surface area (Å²) in [5, 5.41) is 1.07. The number of ketones is 1. The van der Waals surface area contributed by atoms with E-state index in [2.05, 4.69) is 41.0 Å². The molecule has 0 aliphatic carbocycles. The van der Waals surface area contributed by atoms with Gasteiger partial charge in [-0.2, -0.15) is 0 Å². The first kappa shape index (κ1) is 22.8. The average Bonchev–Trinajstić information content (AvgIpc) is 3.47. The smallest absolute Gasteiger partial charge is 0.246 e. The van der Waals surface area contributed by atoms with Gasteiger partial charge in [-0.3, -0.25) is 4.79 Å². The van der Waals surface area contributed by atoms with Crippen LogP contribution in [-0.4, -0.2) is 10.4 Å². The topological polar surface area (TPSA) is 39.0 Å². The van der Waals surface area contributed by atoms with E-state index in [1.165, 1.54) is 0 Å². The molecule has 2 aromatic heterocycles. The fraction of sp³-hybridized carbons (Fsp3) is 0.0667. The maximum Gasteiger partial charge on any atom is 0.246 e.